The summed E-state index contributed by atoms with van der Waals surface area (Å²) < 4.78 is 5.60. The van der Waals surface area contributed by atoms with E-state index in [-0.39, 0.29) is 11.8 Å². The van der Waals surface area contributed by atoms with Gasteiger partial charge in [0.05, 0.1) is 0 Å². The molecule has 0 saturated heterocycles. The zero-order chi connectivity index (χ0) is 19.1. The van der Waals surface area contributed by atoms with Crippen LogP contribution in [0.1, 0.15) is 17.3 Å². The lowest BCUT2D eigenvalue weighted by Gasteiger charge is -2.15. The van der Waals surface area contributed by atoms with Gasteiger partial charge < -0.3 is 15.4 Å². The van der Waals surface area contributed by atoms with Crippen LogP contribution < -0.4 is 15.4 Å². The summed E-state index contributed by atoms with van der Waals surface area (Å²) >= 11 is 0. The quantitative estimate of drug-likeness (QED) is 0.687. The minimum Gasteiger partial charge on any atom is -0.481 e. The lowest BCUT2D eigenvalue weighted by Crippen LogP contribution is -2.30. The third kappa shape index (κ3) is 5.19. The number of ether oxygens (including phenoxy) is 1. The number of hydrogen-bond acceptors (Lipinski definition) is 3. The first-order valence-electron chi connectivity index (χ1n) is 8.61. The lowest BCUT2D eigenvalue weighted by atomic mass is 10.2. The van der Waals surface area contributed by atoms with Crippen molar-refractivity contribution < 1.29 is 14.3 Å². The van der Waals surface area contributed by atoms with Gasteiger partial charge in [0.1, 0.15) is 5.75 Å². The number of para-hydroxylation sites is 1. The van der Waals surface area contributed by atoms with Crippen molar-refractivity contribution in [2.75, 3.05) is 10.6 Å². The van der Waals surface area contributed by atoms with Gasteiger partial charge in [-0.25, -0.2) is 0 Å². The molecule has 0 aliphatic carbocycles. The first-order valence-corrected chi connectivity index (χ1v) is 8.61. The van der Waals surface area contributed by atoms with Crippen LogP contribution in [0, 0.1) is 0 Å². The van der Waals surface area contributed by atoms with Crippen LogP contribution in [0.4, 0.5) is 11.4 Å². The van der Waals surface area contributed by atoms with Gasteiger partial charge in [0, 0.05) is 16.9 Å². The molecule has 0 unspecified atom stereocenters. The van der Waals surface area contributed by atoms with Gasteiger partial charge in [-0.1, -0.05) is 36.4 Å². The normalized spacial score (nSPS) is 11.3. The molecule has 3 aromatic rings. The highest BCUT2D eigenvalue weighted by atomic mass is 16.5. The largest absolute Gasteiger partial charge is 0.481 e. The molecule has 2 N–H and O–H groups in total. The number of carbonyl (C=O) groups excluding carboxylic acids is 2. The molecule has 0 bridgehead atoms. The van der Waals surface area contributed by atoms with E-state index in [0.717, 1.165) is 0 Å². The van der Waals surface area contributed by atoms with Crippen LogP contribution in [0.15, 0.2) is 84.9 Å². The second kappa shape index (κ2) is 8.67. The van der Waals surface area contributed by atoms with Crippen molar-refractivity contribution in [3.05, 3.63) is 90.5 Å². The van der Waals surface area contributed by atoms with E-state index in [2.05, 4.69) is 10.6 Å². The van der Waals surface area contributed by atoms with Gasteiger partial charge in [-0.3, -0.25) is 9.59 Å². The third-order valence-electron chi connectivity index (χ3n) is 3.87. The van der Waals surface area contributed by atoms with Gasteiger partial charge in [0.15, 0.2) is 6.10 Å². The van der Waals surface area contributed by atoms with E-state index in [1.54, 1.807) is 55.5 Å². The summed E-state index contributed by atoms with van der Waals surface area (Å²) in [6.07, 6.45) is -0.634. The van der Waals surface area contributed by atoms with Crippen LogP contribution in [-0.4, -0.2) is 17.9 Å². The highest BCUT2D eigenvalue weighted by Crippen LogP contribution is 2.16. The van der Waals surface area contributed by atoms with E-state index >= 15 is 0 Å². The van der Waals surface area contributed by atoms with Crippen molar-refractivity contribution in [1.29, 1.82) is 0 Å². The molecule has 0 saturated carbocycles. The Labute approximate surface area is 158 Å². The maximum Gasteiger partial charge on any atom is 0.265 e. The zero-order valence-corrected chi connectivity index (χ0v) is 14.9. The molecule has 0 aliphatic heterocycles. The predicted molar refractivity (Wildman–Crippen MR) is 106 cm³/mol. The molecule has 0 spiro atoms. The fourth-order valence-corrected chi connectivity index (χ4v) is 2.43. The van der Waals surface area contributed by atoms with Crippen molar-refractivity contribution >= 4 is 23.2 Å². The van der Waals surface area contributed by atoms with Crippen LogP contribution >= 0.6 is 0 Å². The Bertz CT molecular complexity index is 894. The Balaban J connectivity index is 1.55. The number of nitrogens with one attached hydrogen (secondary N) is 2. The molecule has 0 aliphatic rings. The number of anilines is 2. The molecule has 136 valence electrons. The van der Waals surface area contributed by atoms with Crippen LogP contribution in [0.25, 0.3) is 0 Å². The molecule has 0 fully saturated rings. The Hall–Kier alpha value is -3.60. The summed E-state index contributed by atoms with van der Waals surface area (Å²) in [5.41, 5.74) is 1.86. The molecule has 0 heterocycles. The fraction of sp³-hybridized carbons (Fsp3) is 0.0909. The molecular weight excluding hydrogens is 340 g/mol. The van der Waals surface area contributed by atoms with Crippen LogP contribution in [0.5, 0.6) is 5.75 Å². The Morgan fingerprint density at radius 1 is 0.741 bits per heavy atom. The number of rotatable bonds is 6. The van der Waals surface area contributed by atoms with Crippen LogP contribution in [0.3, 0.4) is 0 Å². The summed E-state index contributed by atoms with van der Waals surface area (Å²) in [7, 11) is 0. The summed E-state index contributed by atoms with van der Waals surface area (Å²) in [4.78, 5) is 24.4. The number of benzene rings is 3. The Morgan fingerprint density at radius 3 is 1.85 bits per heavy atom. The number of carbonyl (C=O) groups is 2. The summed E-state index contributed by atoms with van der Waals surface area (Å²) in [5.74, 6) is 0.205. The van der Waals surface area contributed by atoms with E-state index in [1.807, 2.05) is 36.4 Å². The molecule has 3 aromatic carbocycles. The molecule has 27 heavy (non-hydrogen) atoms. The van der Waals surface area contributed by atoms with Crippen molar-refractivity contribution in [2.24, 2.45) is 0 Å². The van der Waals surface area contributed by atoms with Gasteiger partial charge in [-0.2, -0.15) is 0 Å². The van der Waals surface area contributed by atoms with Crippen LogP contribution in [-0.2, 0) is 4.79 Å². The molecular formula is C22H20N2O3. The second-order valence-electron chi connectivity index (χ2n) is 5.96. The fourth-order valence-electron chi connectivity index (χ4n) is 2.43. The molecule has 0 aromatic heterocycles. The SMILES string of the molecule is C[C@H](Oc1ccccc1)C(=O)Nc1ccc(NC(=O)c2ccccc2)cc1. The number of amides is 2. The molecule has 0 radical (unpaired) electrons. The van der Waals surface area contributed by atoms with E-state index in [1.165, 1.54) is 0 Å². The van der Waals surface area contributed by atoms with Gasteiger partial charge in [0.25, 0.3) is 11.8 Å². The van der Waals surface area contributed by atoms with Gasteiger partial charge >= 0.3 is 0 Å². The molecule has 2 amide bonds. The van der Waals surface area contributed by atoms with Gasteiger partial charge in [0.2, 0.25) is 0 Å². The lowest BCUT2D eigenvalue weighted by molar-refractivity contribution is -0.122. The number of hydrogen-bond donors (Lipinski definition) is 2. The van der Waals surface area contributed by atoms with E-state index in [9.17, 15) is 9.59 Å². The summed E-state index contributed by atoms with van der Waals surface area (Å²) in [5, 5.41) is 5.62. The average Bonchev–Trinajstić information content (AvgIpc) is 2.71. The summed E-state index contributed by atoms with van der Waals surface area (Å²) in [6.45, 7) is 1.69. The molecule has 5 nitrogen and oxygen atoms in total. The van der Waals surface area contributed by atoms with Crippen molar-refractivity contribution in [3.63, 3.8) is 0 Å². The standard InChI is InChI=1S/C22H20N2O3/c1-16(27-20-10-6-3-7-11-20)21(25)23-18-12-14-19(15-13-18)24-22(26)17-8-4-2-5-9-17/h2-16H,1H3,(H,23,25)(H,24,26)/t16-/m0/s1. The van der Waals surface area contributed by atoms with Crippen molar-refractivity contribution in [2.45, 2.75) is 13.0 Å². The molecule has 1 atom stereocenters. The maximum atomic E-state index is 12.3. The monoisotopic (exact) mass is 360 g/mol. The maximum absolute atomic E-state index is 12.3. The highest BCUT2D eigenvalue weighted by molar-refractivity contribution is 6.04. The smallest absolute Gasteiger partial charge is 0.265 e. The van der Waals surface area contributed by atoms with Crippen LogP contribution in [0.2, 0.25) is 0 Å². The highest BCUT2D eigenvalue weighted by Gasteiger charge is 2.14. The van der Waals surface area contributed by atoms with Crippen molar-refractivity contribution in [1.82, 2.24) is 0 Å². The van der Waals surface area contributed by atoms with E-state index < -0.39 is 6.10 Å². The zero-order valence-electron chi connectivity index (χ0n) is 14.9. The predicted octanol–water partition coefficient (Wildman–Crippen LogP) is 4.34. The van der Waals surface area contributed by atoms with E-state index in [4.69, 9.17) is 4.74 Å². The van der Waals surface area contributed by atoms with E-state index in [0.29, 0.717) is 22.7 Å². The first kappa shape index (κ1) is 18.2. The second-order valence-corrected chi connectivity index (χ2v) is 5.96. The first-order chi connectivity index (χ1) is 13.1. The minimum absolute atomic E-state index is 0.183. The Kier molecular flexibility index (Phi) is 5.84. The summed E-state index contributed by atoms with van der Waals surface area (Å²) in [6, 6.07) is 25.1. The molecule has 5 heteroatoms. The third-order valence-corrected chi connectivity index (χ3v) is 3.87. The molecule has 3 rings (SSSR count). The average molecular weight is 360 g/mol. The van der Waals surface area contributed by atoms with Gasteiger partial charge in [-0.15, -0.1) is 0 Å². The minimum atomic E-state index is -0.634. The topological polar surface area (TPSA) is 67.4 Å². The van der Waals surface area contributed by atoms with Gasteiger partial charge in [-0.05, 0) is 55.5 Å². The Morgan fingerprint density at radius 2 is 1.26 bits per heavy atom. The van der Waals surface area contributed by atoms with Crippen molar-refractivity contribution in [3.8, 4) is 5.75 Å².